The summed E-state index contributed by atoms with van der Waals surface area (Å²) in [6, 6.07) is 1.01. The Bertz CT molecular complexity index is 104. The maximum Gasteiger partial charge on any atom is 0.0535 e. The zero-order valence-corrected chi connectivity index (χ0v) is 8.93. The molecule has 0 amide bonds. The molecule has 0 spiro atoms. The Hall–Kier alpha value is -0.313. The average molecular weight is 159 g/mol. The molecule has 0 unspecified atom stereocenters. The largest absolute Gasteiger partial charge is 0.411 e. The molecule has 0 aromatic carbocycles. The zero-order valence-electron chi connectivity index (χ0n) is 6.93. The quantitative estimate of drug-likeness (QED) is 0.211. The van der Waals surface area contributed by atoms with Gasteiger partial charge in [-0.15, -0.1) is 0 Å². The summed E-state index contributed by atoms with van der Waals surface area (Å²) in [6.45, 7) is 2.18. The molecule has 0 saturated heterocycles. The first-order valence-electron chi connectivity index (χ1n) is 4.04. The number of oxime groups is 1. The van der Waals surface area contributed by atoms with E-state index in [0.29, 0.717) is 0 Å². The predicted molar refractivity (Wildman–Crippen MR) is 48.1 cm³/mol. The van der Waals surface area contributed by atoms with Crippen LogP contribution in [0.2, 0.25) is 6.04 Å². The summed E-state index contributed by atoms with van der Waals surface area (Å²) in [5.41, 5.74) is 0.986. The minimum absolute atomic E-state index is 0.986. The molecular weight excluding hydrogens is 142 g/mol. The SMILES string of the molecule is CCCCCC(C[SiH3])=NO. The highest BCUT2D eigenvalue weighted by molar-refractivity contribution is 6.21. The lowest BCUT2D eigenvalue weighted by Gasteiger charge is -1.98. The minimum Gasteiger partial charge on any atom is -0.411 e. The summed E-state index contributed by atoms with van der Waals surface area (Å²) in [5.74, 6) is 0. The van der Waals surface area contributed by atoms with Gasteiger partial charge in [-0.1, -0.05) is 24.9 Å². The Morgan fingerprint density at radius 3 is 2.60 bits per heavy atom. The van der Waals surface area contributed by atoms with Gasteiger partial charge in [0.1, 0.15) is 0 Å². The van der Waals surface area contributed by atoms with Crippen molar-refractivity contribution >= 4 is 16.0 Å². The van der Waals surface area contributed by atoms with Gasteiger partial charge in [0, 0.05) is 10.2 Å². The Morgan fingerprint density at radius 2 is 2.20 bits per heavy atom. The van der Waals surface area contributed by atoms with E-state index in [2.05, 4.69) is 12.1 Å². The maximum absolute atomic E-state index is 8.44. The second-order valence-electron chi connectivity index (χ2n) is 2.48. The van der Waals surface area contributed by atoms with Crippen molar-refractivity contribution in [1.82, 2.24) is 0 Å². The molecule has 0 aliphatic carbocycles. The maximum atomic E-state index is 8.44. The van der Waals surface area contributed by atoms with Gasteiger partial charge in [0.25, 0.3) is 0 Å². The fourth-order valence-corrected chi connectivity index (χ4v) is 1.37. The first kappa shape index (κ1) is 9.69. The summed E-state index contributed by atoms with van der Waals surface area (Å²) in [5, 5.41) is 11.7. The van der Waals surface area contributed by atoms with Gasteiger partial charge < -0.3 is 5.21 Å². The van der Waals surface area contributed by atoms with E-state index in [9.17, 15) is 0 Å². The molecule has 0 radical (unpaired) electrons. The molecule has 0 heterocycles. The van der Waals surface area contributed by atoms with Gasteiger partial charge in [0.2, 0.25) is 0 Å². The van der Waals surface area contributed by atoms with E-state index in [1.54, 1.807) is 0 Å². The molecule has 0 rings (SSSR count). The summed E-state index contributed by atoms with van der Waals surface area (Å²) >= 11 is 0. The van der Waals surface area contributed by atoms with Gasteiger partial charge in [-0.2, -0.15) is 0 Å². The monoisotopic (exact) mass is 159 g/mol. The minimum atomic E-state index is 0.986. The molecule has 60 valence electrons. The van der Waals surface area contributed by atoms with Crippen molar-refractivity contribution in [3.63, 3.8) is 0 Å². The highest BCUT2D eigenvalue weighted by Crippen LogP contribution is 2.01. The lowest BCUT2D eigenvalue weighted by Crippen LogP contribution is -1.96. The van der Waals surface area contributed by atoms with Crippen molar-refractivity contribution in [2.24, 2.45) is 5.16 Å². The summed E-state index contributed by atoms with van der Waals surface area (Å²) in [6.07, 6.45) is 4.66. The van der Waals surface area contributed by atoms with Crippen LogP contribution in [0.5, 0.6) is 0 Å². The van der Waals surface area contributed by atoms with Crippen LogP contribution in [0.1, 0.15) is 32.6 Å². The lowest BCUT2D eigenvalue weighted by atomic mass is 10.1. The fraction of sp³-hybridized carbons (Fsp3) is 0.857. The number of hydrogen-bond donors (Lipinski definition) is 1. The molecule has 1 N–H and O–H groups in total. The molecule has 0 saturated carbocycles. The van der Waals surface area contributed by atoms with Crippen molar-refractivity contribution in [1.29, 1.82) is 0 Å². The van der Waals surface area contributed by atoms with Crippen LogP contribution < -0.4 is 0 Å². The van der Waals surface area contributed by atoms with Gasteiger partial charge in [-0.05, 0) is 18.9 Å². The molecule has 2 nitrogen and oxygen atoms in total. The van der Waals surface area contributed by atoms with Crippen LogP contribution >= 0.6 is 0 Å². The van der Waals surface area contributed by atoms with E-state index in [0.717, 1.165) is 28.4 Å². The third-order valence-corrected chi connectivity index (χ3v) is 2.43. The first-order valence-corrected chi connectivity index (χ1v) is 5.46. The van der Waals surface area contributed by atoms with E-state index >= 15 is 0 Å². The van der Waals surface area contributed by atoms with Crippen LogP contribution in [0.4, 0.5) is 0 Å². The molecule has 0 aliphatic heterocycles. The Morgan fingerprint density at radius 1 is 1.50 bits per heavy atom. The average Bonchev–Trinajstić information content (AvgIpc) is 1.99. The third-order valence-electron chi connectivity index (χ3n) is 1.62. The fourth-order valence-electron chi connectivity index (χ4n) is 0.877. The van der Waals surface area contributed by atoms with Crippen LogP contribution in [-0.2, 0) is 0 Å². The van der Waals surface area contributed by atoms with Crippen molar-refractivity contribution in [3.8, 4) is 0 Å². The van der Waals surface area contributed by atoms with E-state index in [1.165, 1.54) is 19.3 Å². The third kappa shape index (κ3) is 4.55. The van der Waals surface area contributed by atoms with E-state index < -0.39 is 0 Å². The summed E-state index contributed by atoms with van der Waals surface area (Å²) in [7, 11) is 1.11. The number of nitrogens with zero attached hydrogens (tertiary/aromatic N) is 1. The lowest BCUT2D eigenvalue weighted by molar-refractivity contribution is 0.317. The van der Waals surface area contributed by atoms with Crippen LogP contribution in [0, 0.1) is 0 Å². The highest BCUT2D eigenvalue weighted by Gasteiger charge is 1.94. The summed E-state index contributed by atoms with van der Waals surface area (Å²) in [4.78, 5) is 0. The van der Waals surface area contributed by atoms with Crippen LogP contribution in [-0.4, -0.2) is 21.2 Å². The molecule has 0 bridgehead atoms. The van der Waals surface area contributed by atoms with Crippen LogP contribution in [0.25, 0.3) is 0 Å². The molecule has 0 atom stereocenters. The first-order chi connectivity index (χ1) is 4.85. The van der Waals surface area contributed by atoms with Crippen molar-refractivity contribution < 1.29 is 5.21 Å². The second kappa shape index (κ2) is 6.80. The number of unbranched alkanes of at least 4 members (excludes halogenated alkanes) is 2. The number of hydrogen-bond acceptors (Lipinski definition) is 2. The smallest absolute Gasteiger partial charge is 0.0535 e. The summed E-state index contributed by atoms with van der Waals surface area (Å²) < 4.78 is 0. The van der Waals surface area contributed by atoms with Gasteiger partial charge >= 0.3 is 0 Å². The zero-order chi connectivity index (χ0) is 7.82. The topological polar surface area (TPSA) is 32.6 Å². The highest BCUT2D eigenvalue weighted by atomic mass is 28.1. The van der Waals surface area contributed by atoms with Gasteiger partial charge in [-0.25, -0.2) is 0 Å². The van der Waals surface area contributed by atoms with Gasteiger partial charge in [-0.3, -0.25) is 0 Å². The van der Waals surface area contributed by atoms with Crippen molar-refractivity contribution in [2.75, 3.05) is 0 Å². The second-order valence-corrected chi connectivity index (χ2v) is 3.18. The van der Waals surface area contributed by atoms with Crippen molar-refractivity contribution in [3.05, 3.63) is 0 Å². The Balaban J connectivity index is 3.27. The molecule has 0 aromatic heterocycles. The molecule has 10 heavy (non-hydrogen) atoms. The molecular formula is C7H17NOSi. The van der Waals surface area contributed by atoms with Crippen LogP contribution in [0.15, 0.2) is 5.16 Å². The molecule has 0 fully saturated rings. The normalized spacial score (nSPS) is 12.3. The standard InChI is InChI=1S/C7H17NOSi/c1-2-3-4-5-7(6-10)8-9/h9H,2-6H2,1,10H3. The Labute approximate surface area is 65.7 Å². The molecule has 3 heteroatoms. The van der Waals surface area contributed by atoms with Crippen molar-refractivity contribution in [2.45, 2.75) is 38.7 Å². The van der Waals surface area contributed by atoms with Gasteiger partial charge in [0.15, 0.2) is 0 Å². The Kier molecular flexibility index (Phi) is 6.59. The van der Waals surface area contributed by atoms with Gasteiger partial charge in [0.05, 0.1) is 5.71 Å². The molecule has 0 aliphatic rings. The van der Waals surface area contributed by atoms with E-state index in [1.807, 2.05) is 0 Å². The number of rotatable bonds is 5. The molecule has 0 aromatic rings. The van der Waals surface area contributed by atoms with Crippen LogP contribution in [0.3, 0.4) is 0 Å². The predicted octanol–water partition coefficient (Wildman–Crippen LogP) is 1.18. The van der Waals surface area contributed by atoms with E-state index in [4.69, 9.17) is 5.21 Å². The van der Waals surface area contributed by atoms with E-state index in [-0.39, 0.29) is 0 Å².